The van der Waals surface area contributed by atoms with Crippen molar-refractivity contribution in [2.24, 2.45) is 5.92 Å². The summed E-state index contributed by atoms with van der Waals surface area (Å²) in [4.78, 5) is 2.29. The number of fused-ring (bicyclic) bond motifs is 1. The maximum Gasteiger partial charge on any atom is 0.162 e. The van der Waals surface area contributed by atoms with Crippen LogP contribution in [0.4, 0.5) is 0 Å². The molecule has 1 saturated heterocycles. The highest BCUT2D eigenvalue weighted by Gasteiger charge is 2.26. The fourth-order valence-corrected chi connectivity index (χ4v) is 3.06. The van der Waals surface area contributed by atoms with Gasteiger partial charge in [-0.3, -0.25) is 4.90 Å². The second-order valence-electron chi connectivity index (χ2n) is 6.13. The molecule has 2 aromatic carbocycles. The summed E-state index contributed by atoms with van der Waals surface area (Å²) in [6, 6.07) is 18.6. The van der Waals surface area contributed by atoms with Crippen molar-refractivity contribution in [3.05, 3.63) is 59.7 Å². The van der Waals surface area contributed by atoms with Gasteiger partial charge in [-0.25, -0.2) is 0 Å². The zero-order chi connectivity index (χ0) is 15.6. The number of nitriles is 1. The summed E-state index contributed by atoms with van der Waals surface area (Å²) >= 11 is 0. The first-order chi connectivity index (χ1) is 11.3. The van der Waals surface area contributed by atoms with Crippen LogP contribution in [-0.2, 0) is 6.54 Å². The Morgan fingerprint density at radius 3 is 2.52 bits per heavy atom. The standard InChI is InChI=1S/C19H18N2O2/c20-9-15-11-21(12-15)10-14-5-7-16(8-6-14)19-13-22-17-3-1-2-4-18(17)23-19/h1-8,15,19H,10-13H2. The molecule has 4 nitrogen and oxygen atoms in total. The Kier molecular flexibility index (Phi) is 3.64. The van der Waals surface area contributed by atoms with E-state index >= 15 is 0 Å². The van der Waals surface area contributed by atoms with E-state index < -0.39 is 0 Å². The topological polar surface area (TPSA) is 45.5 Å². The first kappa shape index (κ1) is 14.1. The van der Waals surface area contributed by atoms with Crippen molar-refractivity contribution in [2.75, 3.05) is 19.7 Å². The molecule has 0 spiro atoms. The summed E-state index contributed by atoms with van der Waals surface area (Å²) in [5, 5.41) is 8.82. The second kappa shape index (κ2) is 5.94. The van der Waals surface area contributed by atoms with Crippen LogP contribution in [0.15, 0.2) is 48.5 Å². The highest BCUT2D eigenvalue weighted by molar-refractivity contribution is 5.41. The van der Waals surface area contributed by atoms with Crippen molar-refractivity contribution in [1.82, 2.24) is 4.90 Å². The quantitative estimate of drug-likeness (QED) is 0.874. The van der Waals surface area contributed by atoms with E-state index in [1.807, 2.05) is 24.3 Å². The zero-order valence-electron chi connectivity index (χ0n) is 12.8. The lowest BCUT2D eigenvalue weighted by Gasteiger charge is -2.35. The van der Waals surface area contributed by atoms with Gasteiger partial charge in [-0.1, -0.05) is 36.4 Å². The number of hydrogen-bond acceptors (Lipinski definition) is 4. The molecule has 2 aromatic rings. The van der Waals surface area contributed by atoms with Gasteiger partial charge in [0.2, 0.25) is 0 Å². The third-order valence-corrected chi connectivity index (χ3v) is 4.41. The molecule has 0 aromatic heterocycles. The van der Waals surface area contributed by atoms with Crippen molar-refractivity contribution in [2.45, 2.75) is 12.6 Å². The monoisotopic (exact) mass is 306 g/mol. The molecule has 0 aliphatic carbocycles. The minimum absolute atomic E-state index is 0.0640. The highest BCUT2D eigenvalue weighted by Crippen LogP contribution is 2.35. The molecule has 4 rings (SSSR count). The smallest absolute Gasteiger partial charge is 0.162 e. The Labute approximate surface area is 135 Å². The van der Waals surface area contributed by atoms with Crippen molar-refractivity contribution in [3.8, 4) is 17.6 Å². The van der Waals surface area contributed by atoms with Crippen molar-refractivity contribution >= 4 is 0 Å². The molecule has 0 bridgehead atoms. The fraction of sp³-hybridized carbons (Fsp3) is 0.316. The van der Waals surface area contributed by atoms with Gasteiger partial charge in [0.15, 0.2) is 17.6 Å². The van der Waals surface area contributed by atoms with Gasteiger partial charge in [-0.15, -0.1) is 0 Å². The van der Waals surface area contributed by atoms with Crippen LogP contribution in [0, 0.1) is 17.2 Å². The molecule has 0 amide bonds. The number of para-hydroxylation sites is 2. The van der Waals surface area contributed by atoms with Crippen molar-refractivity contribution in [1.29, 1.82) is 5.26 Å². The third kappa shape index (κ3) is 2.88. The molecule has 1 unspecified atom stereocenters. The first-order valence-corrected chi connectivity index (χ1v) is 7.91. The largest absolute Gasteiger partial charge is 0.485 e. The first-order valence-electron chi connectivity index (χ1n) is 7.91. The van der Waals surface area contributed by atoms with Crippen LogP contribution in [0.3, 0.4) is 0 Å². The van der Waals surface area contributed by atoms with E-state index in [9.17, 15) is 0 Å². The number of ether oxygens (including phenoxy) is 2. The number of benzene rings is 2. The molecule has 2 aliphatic heterocycles. The Morgan fingerprint density at radius 1 is 1.04 bits per heavy atom. The molecule has 1 fully saturated rings. The molecule has 1 atom stereocenters. The van der Waals surface area contributed by atoms with E-state index in [1.165, 1.54) is 5.56 Å². The van der Waals surface area contributed by atoms with E-state index in [0.29, 0.717) is 6.61 Å². The molecule has 0 N–H and O–H groups in total. The summed E-state index contributed by atoms with van der Waals surface area (Å²) < 4.78 is 11.8. The minimum atomic E-state index is -0.0640. The van der Waals surface area contributed by atoms with Gasteiger partial charge in [-0.2, -0.15) is 5.26 Å². The van der Waals surface area contributed by atoms with Crippen LogP contribution in [-0.4, -0.2) is 24.6 Å². The van der Waals surface area contributed by atoms with E-state index in [4.69, 9.17) is 14.7 Å². The summed E-state index contributed by atoms with van der Waals surface area (Å²) in [6.45, 7) is 3.21. The van der Waals surface area contributed by atoms with E-state index in [1.54, 1.807) is 0 Å². The fourth-order valence-electron chi connectivity index (χ4n) is 3.06. The van der Waals surface area contributed by atoms with Crippen LogP contribution in [0.1, 0.15) is 17.2 Å². The van der Waals surface area contributed by atoms with Gasteiger partial charge in [-0.05, 0) is 23.3 Å². The molecule has 2 aliphatic rings. The molecule has 0 radical (unpaired) electrons. The summed E-state index contributed by atoms with van der Waals surface area (Å²) in [5.74, 6) is 1.82. The lowest BCUT2D eigenvalue weighted by Crippen LogP contribution is -2.45. The van der Waals surface area contributed by atoms with Gasteiger partial charge in [0.05, 0.1) is 12.0 Å². The Morgan fingerprint density at radius 2 is 1.78 bits per heavy atom. The van der Waals surface area contributed by atoms with E-state index in [2.05, 4.69) is 35.2 Å². The van der Waals surface area contributed by atoms with Crippen molar-refractivity contribution < 1.29 is 9.47 Å². The van der Waals surface area contributed by atoms with Gasteiger partial charge >= 0.3 is 0 Å². The Bertz CT molecular complexity index is 730. The lowest BCUT2D eigenvalue weighted by molar-refractivity contribution is 0.0912. The SMILES string of the molecule is N#CC1CN(Cc2ccc(C3COc4ccccc4O3)cc2)C1. The Balaban J connectivity index is 1.40. The van der Waals surface area contributed by atoms with Crippen LogP contribution < -0.4 is 9.47 Å². The number of likely N-dealkylation sites (tertiary alicyclic amines) is 1. The van der Waals surface area contributed by atoms with E-state index in [0.717, 1.165) is 36.7 Å². The predicted molar refractivity (Wildman–Crippen MR) is 86.1 cm³/mol. The lowest BCUT2D eigenvalue weighted by atomic mass is 10.0. The third-order valence-electron chi connectivity index (χ3n) is 4.41. The average molecular weight is 306 g/mol. The molecular formula is C19H18N2O2. The molecule has 23 heavy (non-hydrogen) atoms. The molecule has 0 saturated carbocycles. The highest BCUT2D eigenvalue weighted by atomic mass is 16.6. The van der Waals surface area contributed by atoms with Gasteiger partial charge in [0.25, 0.3) is 0 Å². The van der Waals surface area contributed by atoms with Gasteiger partial charge in [0.1, 0.15) is 6.61 Å². The summed E-state index contributed by atoms with van der Waals surface area (Å²) in [5.41, 5.74) is 2.39. The number of nitrogens with zero attached hydrogens (tertiary/aromatic N) is 2. The number of rotatable bonds is 3. The minimum Gasteiger partial charge on any atom is -0.485 e. The molecule has 4 heteroatoms. The molecular weight excluding hydrogens is 288 g/mol. The number of hydrogen-bond donors (Lipinski definition) is 0. The van der Waals surface area contributed by atoms with Crippen LogP contribution in [0.2, 0.25) is 0 Å². The molecule has 2 heterocycles. The van der Waals surface area contributed by atoms with Crippen LogP contribution >= 0.6 is 0 Å². The van der Waals surface area contributed by atoms with E-state index in [-0.39, 0.29) is 12.0 Å². The zero-order valence-corrected chi connectivity index (χ0v) is 12.8. The summed E-state index contributed by atoms with van der Waals surface area (Å²) in [7, 11) is 0. The second-order valence-corrected chi connectivity index (χ2v) is 6.13. The average Bonchev–Trinajstić information content (AvgIpc) is 2.58. The van der Waals surface area contributed by atoms with Gasteiger partial charge < -0.3 is 9.47 Å². The van der Waals surface area contributed by atoms with Gasteiger partial charge in [0, 0.05) is 19.6 Å². The normalized spacial score (nSPS) is 20.6. The maximum atomic E-state index is 8.82. The molecule has 116 valence electrons. The van der Waals surface area contributed by atoms with Crippen LogP contribution in [0.25, 0.3) is 0 Å². The summed E-state index contributed by atoms with van der Waals surface area (Å²) in [6.07, 6.45) is -0.0640. The van der Waals surface area contributed by atoms with Crippen LogP contribution in [0.5, 0.6) is 11.5 Å². The predicted octanol–water partition coefficient (Wildman–Crippen LogP) is 3.15. The van der Waals surface area contributed by atoms with Crippen molar-refractivity contribution in [3.63, 3.8) is 0 Å². The Hall–Kier alpha value is -2.51. The maximum absolute atomic E-state index is 8.82.